The number of phenols is 2. The summed E-state index contributed by atoms with van der Waals surface area (Å²) < 4.78 is 0.544. The predicted molar refractivity (Wildman–Crippen MR) is 87.3 cm³/mol. The minimum Gasteiger partial charge on any atom is -0.507 e. The Bertz CT molecular complexity index is 788. The number of hydrogen-bond acceptors (Lipinski definition) is 5. The fourth-order valence-corrected chi connectivity index (χ4v) is 2.36. The third-order valence-electron chi connectivity index (χ3n) is 3.29. The molecule has 0 amide bonds. The highest BCUT2D eigenvalue weighted by atomic mass is 79.9. The topological polar surface area (TPSA) is 96.0 Å². The normalized spacial score (nSPS) is 11.0. The second-order valence-electron chi connectivity index (χ2n) is 4.76. The molecule has 0 aliphatic rings. The Morgan fingerprint density at radius 2 is 1.95 bits per heavy atom. The molecule has 2 rings (SSSR count). The molecule has 0 saturated heterocycles. The largest absolute Gasteiger partial charge is 0.507 e. The number of benzene rings is 2. The lowest BCUT2D eigenvalue weighted by Crippen LogP contribution is -1.90. The molecule has 0 aliphatic heterocycles. The zero-order valence-electron chi connectivity index (χ0n) is 11.9. The van der Waals surface area contributed by atoms with Crippen LogP contribution in [0.2, 0.25) is 0 Å². The highest BCUT2D eigenvalue weighted by Crippen LogP contribution is 2.38. The zero-order valence-corrected chi connectivity index (χ0v) is 13.5. The van der Waals surface area contributed by atoms with Crippen LogP contribution in [0.4, 0.5) is 11.4 Å². The van der Waals surface area contributed by atoms with Crippen molar-refractivity contribution in [1.29, 1.82) is 0 Å². The van der Waals surface area contributed by atoms with Gasteiger partial charge in [0.05, 0.1) is 9.40 Å². The Morgan fingerprint density at radius 3 is 2.59 bits per heavy atom. The Morgan fingerprint density at radius 1 is 1.27 bits per heavy atom. The second kappa shape index (κ2) is 6.15. The summed E-state index contributed by atoms with van der Waals surface area (Å²) >= 11 is 3.29. The summed E-state index contributed by atoms with van der Waals surface area (Å²) in [5.74, 6) is -0.152. The molecule has 7 heteroatoms. The Balaban J connectivity index is 2.45. The van der Waals surface area contributed by atoms with Crippen molar-refractivity contribution >= 4 is 33.5 Å². The number of hydrogen-bond donors (Lipinski definition) is 2. The number of nitro benzene ring substituents is 1. The summed E-state index contributed by atoms with van der Waals surface area (Å²) in [6.45, 7) is 3.74. The van der Waals surface area contributed by atoms with Gasteiger partial charge in [0.2, 0.25) is 0 Å². The van der Waals surface area contributed by atoms with Crippen molar-refractivity contribution in [3.8, 4) is 11.5 Å². The van der Waals surface area contributed by atoms with Crippen molar-refractivity contribution in [2.24, 2.45) is 4.99 Å². The SMILES string of the molecule is Cc1cc(N=Cc2cc([N+](=O)[O-])ccc2O)c(O)c(Br)c1C. The molecule has 0 saturated carbocycles. The van der Waals surface area contributed by atoms with Crippen LogP contribution in [0.5, 0.6) is 11.5 Å². The maximum Gasteiger partial charge on any atom is 0.270 e. The monoisotopic (exact) mass is 364 g/mol. The Labute approximate surface area is 135 Å². The van der Waals surface area contributed by atoms with Crippen LogP contribution in [-0.2, 0) is 0 Å². The number of nitro groups is 1. The number of halogens is 1. The van der Waals surface area contributed by atoms with Gasteiger partial charge < -0.3 is 10.2 Å². The maximum absolute atomic E-state index is 10.8. The molecule has 0 spiro atoms. The molecule has 0 atom stereocenters. The lowest BCUT2D eigenvalue weighted by Gasteiger charge is -2.08. The number of non-ortho nitro benzene ring substituents is 1. The Kier molecular flexibility index (Phi) is 4.46. The van der Waals surface area contributed by atoms with Gasteiger partial charge in [-0.1, -0.05) is 0 Å². The van der Waals surface area contributed by atoms with Gasteiger partial charge in [0.1, 0.15) is 11.4 Å². The first-order chi connectivity index (χ1) is 10.3. The summed E-state index contributed by atoms with van der Waals surface area (Å²) in [5, 5.41) is 30.5. The van der Waals surface area contributed by atoms with Crippen molar-refractivity contribution < 1.29 is 15.1 Å². The van der Waals surface area contributed by atoms with E-state index in [9.17, 15) is 20.3 Å². The average Bonchev–Trinajstić information content (AvgIpc) is 2.48. The zero-order chi connectivity index (χ0) is 16.4. The minimum absolute atomic E-state index is 0.0238. The fourth-order valence-electron chi connectivity index (χ4n) is 1.84. The number of rotatable bonds is 3. The highest BCUT2D eigenvalue weighted by molar-refractivity contribution is 9.10. The van der Waals surface area contributed by atoms with Crippen LogP contribution in [0.15, 0.2) is 33.7 Å². The molecular formula is C15H13BrN2O4. The van der Waals surface area contributed by atoms with Crippen molar-refractivity contribution in [2.45, 2.75) is 13.8 Å². The van der Waals surface area contributed by atoms with Crippen LogP contribution < -0.4 is 0 Å². The smallest absolute Gasteiger partial charge is 0.270 e. The highest BCUT2D eigenvalue weighted by Gasteiger charge is 2.11. The first-order valence-electron chi connectivity index (χ1n) is 6.31. The molecule has 2 aromatic carbocycles. The number of aromatic hydroxyl groups is 2. The lowest BCUT2D eigenvalue weighted by molar-refractivity contribution is -0.384. The van der Waals surface area contributed by atoms with Crippen LogP contribution in [0.1, 0.15) is 16.7 Å². The minimum atomic E-state index is -0.555. The van der Waals surface area contributed by atoms with Crippen molar-refractivity contribution in [3.05, 3.63) is 55.5 Å². The predicted octanol–water partition coefficient (Wildman–Crippen LogP) is 4.14. The number of phenolic OH excluding ortho intramolecular Hbond substituents is 2. The molecule has 0 radical (unpaired) electrons. The summed E-state index contributed by atoms with van der Waals surface area (Å²) in [5.41, 5.74) is 2.18. The van der Waals surface area contributed by atoms with E-state index in [-0.39, 0.29) is 22.7 Å². The van der Waals surface area contributed by atoms with Gasteiger partial charge in [0.15, 0.2) is 5.75 Å². The molecule has 0 unspecified atom stereocenters. The van der Waals surface area contributed by atoms with E-state index in [1.165, 1.54) is 24.4 Å². The van der Waals surface area contributed by atoms with Gasteiger partial charge >= 0.3 is 0 Å². The van der Waals surface area contributed by atoms with E-state index in [0.717, 1.165) is 11.1 Å². The molecule has 0 aliphatic carbocycles. The van der Waals surface area contributed by atoms with E-state index >= 15 is 0 Å². The van der Waals surface area contributed by atoms with Crippen molar-refractivity contribution in [3.63, 3.8) is 0 Å². The summed E-state index contributed by atoms with van der Waals surface area (Å²) in [4.78, 5) is 14.3. The Hall–Kier alpha value is -2.41. The third-order valence-corrected chi connectivity index (χ3v) is 4.26. The molecule has 6 nitrogen and oxygen atoms in total. The quantitative estimate of drug-likeness (QED) is 0.486. The maximum atomic E-state index is 10.8. The standard InChI is InChI=1S/C15H13BrN2O4/c1-8-5-12(15(20)14(16)9(8)2)17-7-10-6-11(18(21)22)3-4-13(10)19/h3-7,19-20H,1-2H3. The molecule has 114 valence electrons. The van der Waals surface area contributed by atoms with E-state index in [2.05, 4.69) is 20.9 Å². The van der Waals surface area contributed by atoms with E-state index < -0.39 is 4.92 Å². The van der Waals surface area contributed by atoms with Crippen LogP contribution in [0.3, 0.4) is 0 Å². The van der Waals surface area contributed by atoms with E-state index in [1.54, 1.807) is 6.07 Å². The molecule has 0 aromatic heterocycles. The number of nitrogens with zero attached hydrogens (tertiary/aromatic N) is 2. The molecule has 0 fully saturated rings. The molecule has 0 heterocycles. The van der Waals surface area contributed by atoms with E-state index in [1.807, 2.05) is 13.8 Å². The molecule has 22 heavy (non-hydrogen) atoms. The summed E-state index contributed by atoms with van der Waals surface area (Å²) in [6, 6.07) is 5.35. The lowest BCUT2D eigenvalue weighted by atomic mass is 10.1. The van der Waals surface area contributed by atoms with Crippen molar-refractivity contribution in [1.82, 2.24) is 0 Å². The van der Waals surface area contributed by atoms with Crippen LogP contribution >= 0.6 is 15.9 Å². The molecule has 2 N–H and O–H groups in total. The van der Waals surface area contributed by atoms with Gasteiger partial charge in [-0.2, -0.15) is 0 Å². The fraction of sp³-hybridized carbons (Fsp3) is 0.133. The van der Waals surface area contributed by atoms with Gasteiger partial charge in [0, 0.05) is 23.9 Å². The van der Waals surface area contributed by atoms with Crippen LogP contribution in [0.25, 0.3) is 0 Å². The summed E-state index contributed by atoms with van der Waals surface area (Å²) in [6.07, 6.45) is 1.28. The van der Waals surface area contributed by atoms with Gasteiger partial charge in [-0.3, -0.25) is 15.1 Å². The average molecular weight is 365 g/mol. The van der Waals surface area contributed by atoms with E-state index in [4.69, 9.17) is 0 Å². The van der Waals surface area contributed by atoms with Gasteiger partial charge in [0.25, 0.3) is 5.69 Å². The number of aliphatic imine (C=N–C) groups is 1. The van der Waals surface area contributed by atoms with Crippen LogP contribution in [-0.4, -0.2) is 21.4 Å². The van der Waals surface area contributed by atoms with Gasteiger partial charge in [-0.15, -0.1) is 0 Å². The van der Waals surface area contributed by atoms with E-state index in [0.29, 0.717) is 10.2 Å². The summed E-state index contributed by atoms with van der Waals surface area (Å²) in [7, 11) is 0. The third kappa shape index (κ3) is 3.09. The number of aryl methyl sites for hydroxylation is 1. The van der Waals surface area contributed by atoms with Crippen LogP contribution in [0, 0.1) is 24.0 Å². The first kappa shape index (κ1) is 16.0. The molecular weight excluding hydrogens is 352 g/mol. The van der Waals surface area contributed by atoms with Gasteiger partial charge in [-0.25, -0.2) is 0 Å². The molecule has 0 bridgehead atoms. The van der Waals surface area contributed by atoms with Crippen molar-refractivity contribution in [2.75, 3.05) is 0 Å². The molecule has 2 aromatic rings. The second-order valence-corrected chi connectivity index (χ2v) is 5.55. The van der Waals surface area contributed by atoms with Gasteiger partial charge in [-0.05, 0) is 53.0 Å². The first-order valence-corrected chi connectivity index (χ1v) is 7.10.